The lowest BCUT2D eigenvalue weighted by Crippen LogP contribution is -2.08. The molecule has 1 aromatic heterocycles. The number of hydrogen-bond donors (Lipinski definition) is 1. The third-order valence-corrected chi connectivity index (χ3v) is 3.11. The lowest BCUT2D eigenvalue weighted by atomic mass is 10.1. The first-order valence-electron chi connectivity index (χ1n) is 6.91. The minimum atomic E-state index is -0.345. The number of rotatable bonds is 8. The molecular weight excluding hydrogens is 244 g/mol. The van der Waals surface area contributed by atoms with E-state index in [1.54, 1.807) is 11.7 Å². The van der Waals surface area contributed by atoms with Crippen LogP contribution in [-0.4, -0.2) is 21.2 Å². The Morgan fingerprint density at radius 3 is 2.63 bits per heavy atom. The summed E-state index contributed by atoms with van der Waals surface area (Å²) in [6.07, 6.45) is 3.91. The molecule has 0 bridgehead atoms. The van der Waals surface area contributed by atoms with Gasteiger partial charge in [0.25, 0.3) is 0 Å². The van der Waals surface area contributed by atoms with Gasteiger partial charge in [-0.15, -0.1) is 0 Å². The molecule has 0 fully saturated rings. The van der Waals surface area contributed by atoms with Crippen molar-refractivity contribution in [2.24, 2.45) is 13.0 Å². The second-order valence-corrected chi connectivity index (χ2v) is 5.19. The van der Waals surface area contributed by atoms with Gasteiger partial charge in [-0.3, -0.25) is 10.1 Å². The van der Waals surface area contributed by atoms with E-state index >= 15 is 0 Å². The normalized spacial score (nSPS) is 11.0. The third kappa shape index (κ3) is 4.22. The molecule has 6 heteroatoms. The Bertz CT molecular complexity index is 427. The summed E-state index contributed by atoms with van der Waals surface area (Å²) in [5.41, 5.74) is 0.658. The maximum Gasteiger partial charge on any atom is 0.333 e. The van der Waals surface area contributed by atoms with Gasteiger partial charge in [0.2, 0.25) is 5.82 Å². The van der Waals surface area contributed by atoms with Crippen LogP contribution in [0, 0.1) is 16.0 Å². The lowest BCUT2D eigenvalue weighted by Gasteiger charge is -2.07. The fourth-order valence-electron chi connectivity index (χ4n) is 2.08. The van der Waals surface area contributed by atoms with Gasteiger partial charge in [0.05, 0.1) is 4.92 Å². The number of nitro groups is 1. The van der Waals surface area contributed by atoms with E-state index in [0.717, 1.165) is 19.4 Å². The van der Waals surface area contributed by atoms with Gasteiger partial charge in [0.15, 0.2) is 0 Å². The molecule has 108 valence electrons. The van der Waals surface area contributed by atoms with Crippen molar-refractivity contribution >= 4 is 11.5 Å². The van der Waals surface area contributed by atoms with Crippen molar-refractivity contribution in [2.75, 3.05) is 11.9 Å². The molecule has 0 atom stereocenters. The first-order valence-corrected chi connectivity index (χ1v) is 6.91. The molecule has 19 heavy (non-hydrogen) atoms. The summed E-state index contributed by atoms with van der Waals surface area (Å²) in [5.74, 6) is 1.23. The highest BCUT2D eigenvalue weighted by Gasteiger charge is 2.24. The Balaban J connectivity index is 2.62. The van der Waals surface area contributed by atoms with Crippen molar-refractivity contribution in [1.29, 1.82) is 0 Å². The van der Waals surface area contributed by atoms with Crippen LogP contribution < -0.4 is 5.32 Å². The summed E-state index contributed by atoms with van der Waals surface area (Å²) < 4.78 is 1.57. The second-order valence-electron chi connectivity index (χ2n) is 5.19. The zero-order chi connectivity index (χ0) is 14.4. The molecule has 0 saturated heterocycles. The average Bonchev–Trinajstić information content (AvgIpc) is 2.65. The van der Waals surface area contributed by atoms with Crippen molar-refractivity contribution in [3.05, 3.63) is 15.8 Å². The molecule has 1 rings (SSSR count). The molecular formula is C13H24N4O2. The second kappa shape index (κ2) is 7.11. The summed E-state index contributed by atoms with van der Waals surface area (Å²) in [4.78, 5) is 10.8. The van der Waals surface area contributed by atoms with Gasteiger partial charge >= 0.3 is 5.69 Å². The molecule has 0 radical (unpaired) electrons. The van der Waals surface area contributed by atoms with Crippen molar-refractivity contribution in [3.63, 3.8) is 0 Å². The SMILES string of the molecule is CCc1nn(C)c(NCCCCC(C)C)c1[N+](=O)[O-]. The minimum Gasteiger partial charge on any atom is -0.365 e. The zero-order valence-electron chi connectivity index (χ0n) is 12.3. The van der Waals surface area contributed by atoms with Crippen LogP contribution in [0.3, 0.4) is 0 Å². The van der Waals surface area contributed by atoms with Crippen LogP contribution in [0.1, 0.15) is 45.7 Å². The maximum absolute atomic E-state index is 11.1. The predicted molar refractivity (Wildman–Crippen MR) is 76.4 cm³/mol. The predicted octanol–water partition coefficient (Wildman–Crippen LogP) is 3.13. The van der Waals surface area contributed by atoms with E-state index < -0.39 is 0 Å². The molecule has 0 aliphatic rings. The molecule has 0 aliphatic heterocycles. The Hall–Kier alpha value is -1.59. The Morgan fingerprint density at radius 2 is 2.11 bits per heavy atom. The van der Waals surface area contributed by atoms with E-state index in [9.17, 15) is 10.1 Å². The van der Waals surface area contributed by atoms with Crippen LogP contribution >= 0.6 is 0 Å². The first kappa shape index (κ1) is 15.5. The zero-order valence-corrected chi connectivity index (χ0v) is 12.3. The van der Waals surface area contributed by atoms with Gasteiger partial charge in [-0.2, -0.15) is 5.10 Å². The van der Waals surface area contributed by atoms with Crippen LogP contribution in [-0.2, 0) is 13.5 Å². The van der Waals surface area contributed by atoms with E-state index in [1.807, 2.05) is 6.92 Å². The number of hydrogen-bond acceptors (Lipinski definition) is 4. The number of aromatic nitrogens is 2. The highest BCUT2D eigenvalue weighted by atomic mass is 16.6. The van der Waals surface area contributed by atoms with Crippen LogP contribution in [0.2, 0.25) is 0 Å². The van der Waals surface area contributed by atoms with Gasteiger partial charge in [-0.25, -0.2) is 4.68 Å². The smallest absolute Gasteiger partial charge is 0.333 e. The Labute approximate surface area is 114 Å². The van der Waals surface area contributed by atoms with Crippen molar-refractivity contribution < 1.29 is 4.92 Å². The van der Waals surface area contributed by atoms with E-state index in [1.165, 1.54) is 6.42 Å². The number of nitrogens with zero attached hydrogens (tertiary/aromatic N) is 3. The van der Waals surface area contributed by atoms with Crippen LogP contribution in [0.25, 0.3) is 0 Å². The summed E-state index contributed by atoms with van der Waals surface area (Å²) in [6, 6.07) is 0. The minimum absolute atomic E-state index is 0.119. The van der Waals surface area contributed by atoms with Crippen LogP contribution in [0.4, 0.5) is 11.5 Å². The quantitative estimate of drug-likeness (QED) is 0.446. The van der Waals surface area contributed by atoms with Gasteiger partial charge in [-0.05, 0) is 18.8 Å². The maximum atomic E-state index is 11.1. The summed E-state index contributed by atoms with van der Waals surface area (Å²) in [5, 5.41) is 18.4. The molecule has 0 unspecified atom stereocenters. The third-order valence-electron chi connectivity index (χ3n) is 3.11. The summed E-state index contributed by atoms with van der Waals surface area (Å²) in [6.45, 7) is 7.03. The van der Waals surface area contributed by atoms with Crippen molar-refractivity contribution in [3.8, 4) is 0 Å². The van der Waals surface area contributed by atoms with E-state index in [0.29, 0.717) is 23.9 Å². The molecule has 0 saturated carbocycles. The van der Waals surface area contributed by atoms with Gasteiger partial charge in [-0.1, -0.05) is 33.6 Å². The fourth-order valence-corrected chi connectivity index (χ4v) is 2.08. The van der Waals surface area contributed by atoms with Crippen molar-refractivity contribution in [2.45, 2.75) is 46.5 Å². The molecule has 0 spiro atoms. The van der Waals surface area contributed by atoms with Gasteiger partial charge in [0, 0.05) is 13.6 Å². The van der Waals surface area contributed by atoms with Crippen LogP contribution in [0.5, 0.6) is 0 Å². The van der Waals surface area contributed by atoms with E-state index in [4.69, 9.17) is 0 Å². The number of unbranched alkanes of at least 4 members (excludes halogenated alkanes) is 1. The topological polar surface area (TPSA) is 73.0 Å². The van der Waals surface area contributed by atoms with Crippen LogP contribution in [0.15, 0.2) is 0 Å². The monoisotopic (exact) mass is 268 g/mol. The Morgan fingerprint density at radius 1 is 1.42 bits per heavy atom. The standard InChI is InChI=1S/C13H24N4O2/c1-5-11-12(17(18)19)13(16(4)15-11)14-9-7-6-8-10(2)3/h10,14H,5-9H2,1-4H3. The first-order chi connectivity index (χ1) is 8.97. The highest BCUT2D eigenvalue weighted by Crippen LogP contribution is 2.28. The molecule has 0 aliphatic carbocycles. The van der Waals surface area contributed by atoms with E-state index in [2.05, 4.69) is 24.3 Å². The average molecular weight is 268 g/mol. The molecule has 1 heterocycles. The summed E-state index contributed by atoms with van der Waals surface area (Å²) >= 11 is 0. The molecule has 1 N–H and O–H groups in total. The lowest BCUT2D eigenvalue weighted by molar-refractivity contribution is -0.384. The molecule has 0 aromatic carbocycles. The Kier molecular flexibility index (Phi) is 5.79. The summed E-state index contributed by atoms with van der Waals surface area (Å²) in [7, 11) is 1.74. The highest BCUT2D eigenvalue weighted by molar-refractivity contribution is 5.59. The fraction of sp³-hybridized carbons (Fsp3) is 0.769. The van der Waals surface area contributed by atoms with Crippen molar-refractivity contribution in [1.82, 2.24) is 9.78 Å². The largest absolute Gasteiger partial charge is 0.365 e. The number of anilines is 1. The molecule has 0 amide bonds. The molecule has 6 nitrogen and oxygen atoms in total. The van der Waals surface area contributed by atoms with Gasteiger partial charge < -0.3 is 5.32 Å². The number of aryl methyl sites for hydroxylation is 2. The van der Waals surface area contributed by atoms with Gasteiger partial charge in [0.1, 0.15) is 5.69 Å². The molecule has 1 aromatic rings. The number of nitrogens with one attached hydrogen (secondary N) is 1. The van der Waals surface area contributed by atoms with E-state index in [-0.39, 0.29) is 10.6 Å².